The third kappa shape index (κ3) is 4.08. The molecule has 1 N–H and O–H groups in total. The van der Waals surface area contributed by atoms with Gasteiger partial charge in [0.1, 0.15) is 5.82 Å². The molecule has 26 heavy (non-hydrogen) atoms. The van der Waals surface area contributed by atoms with Crippen molar-refractivity contribution < 1.29 is 9.18 Å². The zero-order chi connectivity index (χ0) is 18.5. The summed E-state index contributed by atoms with van der Waals surface area (Å²) in [4.78, 5) is 14.6. The molecule has 0 radical (unpaired) electrons. The molecule has 6 heteroatoms. The molecule has 0 aliphatic rings. The Hall–Kier alpha value is -2.73. The molecule has 0 spiro atoms. The highest BCUT2D eigenvalue weighted by Crippen LogP contribution is 2.20. The number of aromatic nitrogens is 2. The van der Waals surface area contributed by atoms with Gasteiger partial charge in [-0.05, 0) is 39.2 Å². The van der Waals surface area contributed by atoms with E-state index in [4.69, 9.17) is 0 Å². The summed E-state index contributed by atoms with van der Waals surface area (Å²) in [5.74, 6) is -0.478. The summed E-state index contributed by atoms with van der Waals surface area (Å²) in [7, 11) is 4.00. The van der Waals surface area contributed by atoms with Crippen molar-refractivity contribution in [2.24, 2.45) is 0 Å². The monoisotopic (exact) mass is 354 g/mol. The van der Waals surface area contributed by atoms with Crippen LogP contribution in [0.4, 0.5) is 4.39 Å². The molecule has 0 bridgehead atoms. The quantitative estimate of drug-likeness (QED) is 0.664. The zero-order valence-corrected chi connectivity index (χ0v) is 15.1. The molecule has 0 atom stereocenters. The maximum atomic E-state index is 14.0. The smallest absolute Gasteiger partial charge is 0.272 e. The second-order valence-corrected chi connectivity index (χ2v) is 6.53. The summed E-state index contributed by atoms with van der Waals surface area (Å²) in [5.41, 5.74) is 1.73. The number of halogens is 1. The van der Waals surface area contributed by atoms with Gasteiger partial charge in [0, 0.05) is 17.5 Å². The highest BCUT2D eigenvalue weighted by atomic mass is 19.1. The van der Waals surface area contributed by atoms with Gasteiger partial charge in [-0.25, -0.2) is 4.39 Å². The van der Waals surface area contributed by atoms with Crippen molar-refractivity contribution in [1.29, 1.82) is 0 Å². The van der Waals surface area contributed by atoms with E-state index in [1.54, 1.807) is 22.9 Å². The Morgan fingerprint density at radius 2 is 1.88 bits per heavy atom. The number of benzene rings is 2. The zero-order valence-electron chi connectivity index (χ0n) is 15.1. The maximum absolute atomic E-state index is 14.0. The van der Waals surface area contributed by atoms with Gasteiger partial charge >= 0.3 is 0 Å². The van der Waals surface area contributed by atoms with E-state index in [1.807, 2.05) is 38.4 Å². The van der Waals surface area contributed by atoms with Crippen molar-refractivity contribution >= 4 is 16.8 Å². The van der Waals surface area contributed by atoms with Crippen LogP contribution in [0.1, 0.15) is 22.5 Å². The van der Waals surface area contributed by atoms with Crippen LogP contribution < -0.4 is 5.32 Å². The molecule has 1 amide bonds. The highest BCUT2D eigenvalue weighted by molar-refractivity contribution is 6.04. The average Bonchev–Trinajstić information content (AvgIpc) is 2.99. The van der Waals surface area contributed by atoms with Crippen LogP contribution in [0.15, 0.2) is 48.5 Å². The standard InChI is InChI=1S/C20H23FN4O/c1-24(2)13-7-12-22-20(26)19-16-9-4-6-11-18(16)25(23-19)14-15-8-3-5-10-17(15)21/h3-6,8-11H,7,12-14H2,1-2H3,(H,22,26). The minimum atomic E-state index is -0.276. The maximum Gasteiger partial charge on any atom is 0.272 e. The molecule has 1 heterocycles. The molecule has 0 unspecified atom stereocenters. The van der Waals surface area contributed by atoms with E-state index in [2.05, 4.69) is 15.3 Å². The van der Waals surface area contributed by atoms with Crippen molar-refractivity contribution in [2.75, 3.05) is 27.2 Å². The van der Waals surface area contributed by atoms with Crippen LogP contribution in [0.2, 0.25) is 0 Å². The highest BCUT2D eigenvalue weighted by Gasteiger charge is 2.17. The number of carbonyl (C=O) groups excluding carboxylic acids is 1. The fourth-order valence-corrected chi connectivity index (χ4v) is 2.88. The molecule has 0 aliphatic carbocycles. The summed E-state index contributed by atoms with van der Waals surface area (Å²) in [6.45, 7) is 1.77. The molecule has 1 aromatic heterocycles. The van der Waals surface area contributed by atoms with Crippen LogP contribution in [0, 0.1) is 5.82 Å². The minimum absolute atomic E-state index is 0.202. The fourth-order valence-electron chi connectivity index (χ4n) is 2.88. The van der Waals surface area contributed by atoms with Gasteiger partial charge in [0.2, 0.25) is 0 Å². The SMILES string of the molecule is CN(C)CCCNC(=O)c1nn(Cc2ccccc2F)c2ccccc12. The fraction of sp³-hybridized carbons (Fsp3) is 0.300. The molecule has 0 saturated heterocycles. The van der Waals surface area contributed by atoms with E-state index in [-0.39, 0.29) is 18.3 Å². The van der Waals surface area contributed by atoms with Crippen LogP contribution in [0.5, 0.6) is 0 Å². The third-order valence-electron chi connectivity index (χ3n) is 4.22. The van der Waals surface area contributed by atoms with Gasteiger partial charge in [0.25, 0.3) is 5.91 Å². The molecule has 0 saturated carbocycles. The van der Waals surface area contributed by atoms with Crippen molar-refractivity contribution in [3.8, 4) is 0 Å². The molecule has 0 fully saturated rings. The predicted molar refractivity (Wildman–Crippen MR) is 101 cm³/mol. The van der Waals surface area contributed by atoms with Gasteiger partial charge < -0.3 is 10.2 Å². The second-order valence-electron chi connectivity index (χ2n) is 6.53. The van der Waals surface area contributed by atoms with Crippen LogP contribution in [-0.4, -0.2) is 47.8 Å². The van der Waals surface area contributed by atoms with Crippen molar-refractivity contribution in [3.63, 3.8) is 0 Å². The molecule has 0 aliphatic heterocycles. The Morgan fingerprint density at radius 1 is 1.15 bits per heavy atom. The number of rotatable bonds is 7. The average molecular weight is 354 g/mol. The number of carbonyl (C=O) groups is 1. The number of nitrogens with one attached hydrogen (secondary N) is 1. The van der Waals surface area contributed by atoms with E-state index in [9.17, 15) is 9.18 Å². The van der Waals surface area contributed by atoms with Crippen LogP contribution >= 0.6 is 0 Å². The van der Waals surface area contributed by atoms with Crippen molar-refractivity contribution in [3.05, 3.63) is 65.6 Å². The lowest BCUT2D eigenvalue weighted by Crippen LogP contribution is -2.27. The van der Waals surface area contributed by atoms with E-state index in [0.717, 1.165) is 23.9 Å². The lowest BCUT2D eigenvalue weighted by molar-refractivity contribution is 0.0948. The number of nitrogens with zero attached hydrogens (tertiary/aromatic N) is 3. The number of hydrogen-bond donors (Lipinski definition) is 1. The lowest BCUT2D eigenvalue weighted by atomic mass is 10.2. The molecule has 5 nitrogen and oxygen atoms in total. The Morgan fingerprint density at radius 3 is 2.65 bits per heavy atom. The van der Waals surface area contributed by atoms with Gasteiger partial charge in [-0.2, -0.15) is 5.10 Å². The van der Waals surface area contributed by atoms with Crippen molar-refractivity contribution in [2.45, 2.75) is 13.0 Å². The summed E-state index contributed by atoms with van der Waals surface area (Å²) in [6.07, 6.45) is 0.868. The van der Waals surface area contributed by atoms with Crippen molar-refractivity contribution in [1.82, 2.24) is 20.0 Å². The third-order valence-corrected chi connectivity index (χ3v) is 4.22. The van der Waals surface area contributed by atoms with Crippen LogP contribution in [-0.2, 0) is 6.54 Å². The first-order valence-corrected chi connectivity index (χ1v) is 8.68. The number of amides is 1. The molecule has 136 valence electrons. The van der Waals surface area contributed by atoms with E-state index >= 15 is 0 Å². The first-order valence-electron chi connectivity index (χ1n) is 8.68. The van der Waals surface area contributed by atoms with E-state index < -0.39 is 0 Å². The first kappa shape index (κ1) is 18.1. The predicted octanol–water partition coefficient (Wildman–Crippen LogP) is 2.91. The molecular weight excluding hydrogens is 331 g/mol. The van der Waals surface area contributed by atoms with Gasteiger partial charge in [0.05, 0.1) is 12.1 Å². The number of para-hydroxylation sites is 1. The second kappa shape index (κ2) is 8.10. The number of hydrogen-bond acceptors (Lipinski definition) is 3. The largest absolute Gasteiger partial charge is 0.351 e. The molecule has 2 aromatic carbocycles. The topological polar surface area (TPSA) is 50.2 Å². The van der Waals surface area contributed by atoms with Gasteiger partial charge in [-0.3, -0.25) is 9.48 Å². The summed E-state index contributed by atoms with van der Waals surface area (Å²) in [6, 6.07) is 14.1. The summed E-state index contributed by atoms with van der Waals surface area (Å²) >= 11 is 0. The number of fused-ring (bicyclic) bond motifs is 1. The van der Waals surface area contributed by atoms with E-state index in [0.29, 0.717) is 17.8 Å². The molecule has 3 rings (SSSR count). The summed E-state index contributed by atoms with van der Waals surface area (Å²) in [5, 5.41) is 8.16. The Kier molecular flexibility index (Phi) is 5.63. The van der Waals surface area contributed by atoms with Crippen LogP contribution in [0.25, 0.3) is 10.9 Å². The Balaban J connectivity index is 1.83. The Bertz CT molecular complexity index is 904. The van der Waals surface area contributed by atoms with E-state index in [1.165, 1.54) is 6.07 Å². The molecular formula is C20H23FN4O. The van der Waals surface area contributed by atoms with Crippen LogP contribution in [0.3, 0.4) is 0 Å². The normalized spacial score (nSPS) is 11.2. The summed E-state index contributed by atoms with van der Waals surface area (Å²) < 4.78 is 15.7. The Labute approximate surface area is 152 Å². The van der Waals surface area contributed by atoms with Gasteiger partial charge in [0.15, 0.2) is 5.69 Å². The first-order chi connectivity index (χ1) is 12.6. The van der Waals surface area contributed by atoms with Gasteiger partial charge in [-0.1, -0.05) is 36.4 Å². The lowest BCUT2D eigenvalue weighted by Gasteiger charge is -2.09. The van der Waals surface area contributed by atoms with Gasteiger partial charge in [-0.15, -0.1) is 0 Å². The minimum Gasteiger partial charge on any atom is -0.351 e. The molecule has 3 aromatic rings.